The number of rotatable bonds is 4. The first-order valence-electron chi connectivity index (χ1n) is 9.51. The number of halogens is 3. The highest BCUT2D eigenvalue weighted by atomic mass is 19.4. The van der Waals surface area contributed by atoms with E-state index < -0.39 is 23.6 Å². The highest BCUT2D eigenvalue weighted by Gasteiger charge is 2.42. The van der Waals surface area contributed by atoms with Crippen molar-refractivity contribution < 1.29 is 27.5 Å². The summed E-state index contributed by atoms with van der Waals surface area (Å²) in [6.45, 7) is 1.55. The summed E-state index contributed by atoms with van der Waals surface area (Å²) in [5.74, 6) is -1.01. The number of imide groups is 1. The van der Waals surface area contributed by atoms with Crippen molar-refractivity contribution in [3.05, 3.63) is 77.0 Å². The zero-order valence-electron chi connectivity index (χ0n) is 16.0. The summed E-state index contributed by atoms with van der Waals surface area (Å²) in [6.07, 6.45) is -4.50. The Labute approximate surface area is 171 Å². The summed E-state index contributed by atoms with van der Waals surface area (Å²) in [4.78, 5) is 29.3. The molecule has 0 N–H and O–H groups in total. The molecule has 4 rings (SSSR count). The molecule has 2 aromatic rings. The summed E-state index contributed by atoms with van der Waals surface area (Å²) in [6, 6.07) is 13.5. The fraction of sp³-hybridized carbons (Fsp3) is 0.273. The zero-order valence-corrected chi connectivity index (χ0v) is 16.0. The summed E-state index contributed by atoms with van der Waals surface area (Å²) in [5.41, 5.74) is 0.575. The van der Waals surface area contributed by atoms with E-state index in [1.54, 1.807) is 30.3 Å². The van der Waals surface area contributed by atoms with Crippen LogP contribution in [0.3, 0.4) is 0 Å². The molecule has 0 spiro atoms. The average Bonchev–Trinajstić information content (AvgIpc) is 2.99. The third kappa shape index (κ3) is 3.82. The van der Waals surface area contributed by atoms with Crippen molar-refractivity contribution in [1.29, 1.82) is 0 Å². The smallest absolute Gasteiger partial charge is 0.378 e. The topological polar surface area (TPSA) is 49.9 Å². The number of amides is 2. The molecule has 0 aliphatic carbocycles. The van der Waals surface area contributed by atoms with Crippen molar-refractivity contribution in [3.8, 4) is 0 Å². The van der Waals surface area contributed by atoms with Crippen molar-refractivity contribution in [2.75, 3.05) is 26.3 Å². The van der Waals surface area contributed by atoms with Crippen molar-refractivity contribution in [3.63, 3.8) is 0 Å². The van der Waals surface area contributed by atoms with Gasteiger partial charge in [0.1, 0.15) is 5.70 Å². The first-order chi connectivity index (χ1) is 14.4. The summed E-state index contributed by atoms with van der Waals surface area (Å²) in [5, 5.41) is 0. The molecule has 0 radical (unpaired) electrons. The van der Waals surface area contributed by atoms with Gasteiger partial charge in [-0.1, -0.05) is 42.5 Å². The number of nitrogens with zero attached hydrogens (tertiary/aromatic N) is 2. The maximum atomic E-state index is 13.2. The fourth-order valence-corrected chi connectivity index (χ4v) is 3.68. The molecule has 2 aliphatic heterocycles. The second kappa shape index (κ2) is 7.95. The number of ether oxygens (including phenoxy) is 1. The van der Waals surface area contributed by atoms with E-state index in [2.05, 4.69) is 0 Å². The van der Waals surface area contributed by atoms with E-state index in [9.17, 15) is 22.8 Å². The molecule has 8 heteroatoms. The normalized spacial score (nSPS) is 17.8. The Balaban J connectivity index is 1.69. The Hall–Kier alpha value is -3.13. The van der Waals surface area contributed by atoms with E-state index in [0.717, 1.165) is 17.0 Å². The lowest BCUT2D eigenvalue weighted by Gasteiger charge is -2.29. The van der Waals surface area contributed by atoms with Gasteiger partial charge in [0.25, 0.3) is 11.8 Å². The molecule has 156 valence electrons. The molecule has 30 heavy (non-hydrogen) atoms. The van der Waals surface area contributed by atoms with E-state index in [1.165, 1.54) is 12.1 Å². The SMILES string of the molecule is O=C1C(c2ccccc2)=C(N2CCOCC2)C(=O)N1Cc1cccc(C(F)(F)F)c1. The van der Waals surface area contributed by atoms with Gasteiger partial charge in [-0.05, 0) is 23.3 Å². The van der Waals surface area contributed by atoms with E-state index in [-0.39, 0.29) is 23.4 Å². The maximum Gasteiger partial charge on any atom is 0.416 e. The van der Waals surface area contributed by atoms with Crippen molar-refractivity contribution in [2.45, 2.75) is 12.7 Å². The second-order valence-electron chi connectivity index (χ2n) is 7.08. The highest BCUT2D eigenvalue weighted by Crippen LogP contribution is 2.34. The van der Waals surface area contributed by atoms with Crippen LogP contribution in [0.15, 0.2) is 60.3 Å². The van der Waals surface area contributed by atoms with Crippen molar-refractivity contribution in [2.24, 2.45) is 0 Å². The molecule has 2 amide bonds. The largest absolute Gasteiger partial charge is 0.416 e. The summed E-state index contributed by atoms with van der Waals surface area (Å²) in [7, 11) is 0. The lowest BCUT2D eigenvalue weighted by atomic mass is 10.0. The van der Waals surface area contributed by atoms with Gasteiger partial charge in [-0.25, -0.2) is 0 Å². The second-order valence-corrected chi connectivity index (χ2v) is 7.08. The standard InChI is InChI=1S/C22H19F3N2O3/c23-22(24,25)17-8-4-5-15(13-17)14-27-20(28)18(16-6-2-1-3-7-16)19(21(27)29)26-9-11-30-12-10-26/h1-8,13H,9-12,14H2. The minimum atomic E-state index is -4.50. The molecule has 2 heterocycles. The molecule has 0 saturated carbocycles. The first kappa shape index (κ1) is 20.2. The van der Waals surface area contributed by atoms with Crippen LogP contribution in [0.25, 0.3) is 5.57 Å². The number of carbonyl (C=O) groups is 2. The van der Waals surface area contributed by atoms with Crippen LogP contribution in [0.4, 0.5) is 13.2 Å². The summed E-state index contributed by atoms with van der Waals surface area (Å²) < 4.78 is 44.5. The van der Waals surface area contributed by atoms with E-state index >= 15 is 0 Å². The average molecular weight is 416 g/mol. The molecule has 2 aliphatic rings. The van der Waals surface area contributed by atoms with Gasteiger partial charge in [0.2, 0.25) is 0 Å². The van der Waals surface area contributed by atoms with Gasteiger partial charge < -0.3 is 9.64 Å². The number of carbonyl (C=O) groups excluding carboxylic acids is 2. The van der Waals surface area contributed by atoms with Crippen LogP contribution in [-0.2, 0) is 27.0 Å². The lowest BCUT2D eigenvalue weighted by molar-refractivity contribution is -0.138. The van der Waals surface area contributed by atoms with Gasteiger partial charge in [0.05, 0.1) is 30.9 Å². The van der Waals surface area contributed by atoms with E-state index in [4.69, 9.17) is 4.74 Å². The van der Waals surface area contributed by atoms with Crippen LogP contribution in [0.1, 0.15) is 16.7 Å². The Bertz CT molecular complexity index is 996. The highest BCUT2D eigenvalue weighted by molar-refractivity contribution is 6.35. The van der Waals surface area contributed by atoms with Gasteiger partial charge in [0.15, 0.2) is 0 Å². The molecule has 0 atom stereocenters. The first-order valence-corrected chi connectivity index (χ1v) is 9.51. The Morgan fingerprint density at radius 1 is 0.900 bits per heavy atom. The van der Waals surface area contributed by atoms with Gasteiger partial charge >= 0.3 is 6.18 Å². The molecule has 0 unspecified atom stereocenters. The molecular weight excluding hydrogens is 397 g/mol. The Morgan fingerprint density at radius 2 is 1.60 bits per heavy atom. The quantitative estimate of drug-likeness (QED) is 0.718. The third-order valence-corrected chi connectivity index (χ3v) is 5.13. The minimum absolute atomic E-state index is 0.230. The number of benzene rings is 2. The molecule has 5 nitrogen and oxygen atoms in total. The Kier molecular flexibility index (Phi) is 5.34. The van der Waals surface area contributed by atoms with Gasteiger partial charge in [-0.15, -0.1) is 0 Å². The van der Waals surface area contributed by atoms with Crippen molar-refractivity contribution >= 4 is 17.4 Å². The lowest BCUT2D eigenvalue weighted by Crippen LogP contribution is -2.40. The minimum Gasteiger partial charge on any atom is -0.378 e. The number of hydrogen-bond acceptors (Lipinski definition) is 4. The molecule has 1 fully saturated rings. The predicted molar refractivity (Wildman–Crippen MR) is 103 cm³/mol. The van der Waals surface area contributed by atoms with Crippen LogP contribution < -0.4 is 0 Å². The number of hydrogen-bond donors (Lipinski definition) is 0. The maximum absolute atomic E-state index is 13.2. The molecule has 0 aromatic heterocycles. The van der Waals surface area contributed by atoms with E-state index in [1.807, 2.05) is 4.90 Å². The monoisotopic (exact) mass is 416 g/mol. The predicted octanol–water partition coefficient (Wildman–Crippen LogP) is 3.32. The van der Waals surface area contributed by atoms with Crippen LogP contribution in [0, 0.1) is 0 Å². The third-order valence-electron chi connectivity index (χ3n) is 5.13. The van der Waals surface area contributed by atoms with Gasteiger partial charge in [-0.3, -0.25) is 14.5 Å². The summed E-state index contributed by atoms with van der Waals surface area (Å²) >= 11 is 0. The number of alkyl halides is 3. The van der Waals surface area contributed by atoms with Gasteiger partial charge in [0, 0.05) is 13.1 Å². The molecule has 1 saturated heterocycles. The number of morpholine rings is 1. The molecular formula is C22H19F3N2O3. The van der Waals surface area contributed by atoms with Crippen LogP contribution in [0.2, 0.25) is 0 Å². The van der Waals surface area contributed by atoms with Crippen LogP contribution in [-0.4, -0.2) is 47.9 Å². The zero-order chi connectivity index (χ0) is 21.3. The van der Waals surface area contributed by atoms with Gasteiger partial charge in [-0.2, -0.15) is 13.2 Å². The van der Waals surface area contributed by atoms with Crippen LogP contribution >= 0.6 is 0 Å². The van der Waals surface area contributed by atoms with E-state index in [0.29, 0.717) is 31.9 Å². The Morgan fingerprint density at radius 3 is 2.27 bits per heavy atom. The van der Waals surface area contributed by atoms with Crippen LogP contribution in [0.5, 0.6) is 0 Å². The fourth-order valence-electron chi connectivity index (χ4n) is 3.68. The van der Waals surface area contributed by atoms with Crippen molar-refractivity contribution in [1.82, 2.24) is 9.80 Å². The molecule has 0 bridgehead atoms. The molecule has 2 aromatic carbocycles.